The summed E-state index contributed by atoms with van der Waals surface area (Å²) >= 11 is 0.881. The van der Waals surface area contributed by atoms with Crippen molar-refractivity contribution in [1.82, 2.24) is 9.36 Å². The number of non-ortho nitro benzene ring substituents is 1. The molecule has 0 fully saturated rings. The highest BCUT2D eigenvalue weighted by Crippen LogP contribution is 2.22. The number of benzene rings is 1. The number of nitro benzene ring substituents is 1. The molecule has 0 bridgehead atoms. The molecule has 2 aliphatic rings. The summed E-state index contributed by atoms with van der Waals surface area (Å²) in [6.45, 7) is 0. The fourth-order valence-electron chi connectivity index (χ4n) is 1.25. The Labute approximate surface area is 106 Å². The molecule has 0 saturated carbocycles. The van der Waals surface area contributed by atoms with Gasteiger partial charge in [0.15, 0.2) is 0 Å². The Morgan fingerprint density at radius 1 is 1.39 bits per heavy atom. The third kappa shape index (κ3) is 2.36. The van der Waals surface area contributed by atoms with Crippen LogP contribution < -0.4 is 0 Å². The normalized spacial score (nSPS) is 11.4. The van der Waals surface area contributed by atoms with Crippen molar-refractivity contribution in [3.8, 4) is 0 Å². The minimum Gasteiger partial charge on any atom is -0.258 e. The molecule has 7 nitrogen and oxygen atoms in total. The van der Waals surface area contributed by atoms with Crippen LogP contribution in [0.3, 0.4) is 0 Å². The molecule has 0 unspecified atom stereocenters. The number of hydrogen-bond acceptors (Lipinski definition) is 7. The number of rotatable bonds is 2. The first-order valence-electron chi connectivity index (χ1n) is 4.65. The van der Waals surface area contributed by atoms with E-state index in [1.807, 2.05) is 6.07 Å². The minimum absolute atomic E-state index is 0.0718. The molecule has 0 radical (unpaired) electrons. The summed E-state index contributed by atoms with van der Waals surface area (Å²) in [5, 5.41) is 11.9. The molecule has 0 atom stereocenters. The summed E-state index contributed by atoms with van der Waals surface area (Å²) in [5.41, 5.74) is 0.257. The van der Waals surface area contributed by atoms with Crippen molar-refractivity contribution in [3.05, 3.63) is 45.1 Å². The van der Waals surface area contributed by atoms with Gasteiger partial charge in [-0.15, -0.1) is 0 Å². The van der Waals surface area contributed by atoms with Crippen molar-refractivity contribution in [2.24, 2.45) is 0 Å². The molecule has 3 rings (SSSR count). The van der Waals surface area contributed by atoms with Crippen LogP contribution in [0.4, 0.5) is 5.69 Å². The lowest BCUT2D eigenvalue weighted by Crippen LogP contribution is -1.96. The monoisotopic (exact) mass is 285 g/mol. The number of hydrogen-bond donors (Lipinski definition) is 0. The van der Waals surface area contributed by atoms with Crippen LogP contribution in [0, 0.1) is 20.6 Å². The second kappa shape index (κ2) is 4.42. The van der Waals surface area contributed by atoms with Crippen LogP contribution in [-0.2, 0) is 9.84 Å². The lowest BCUT2D eigenvalue weighted by molar-refractivity contribution is -0.386. The van der Waals surface area contributed by atoms with Gasteiger partial charge in [0.25, 0.3) is 5.69 Å². The van der Waals surface area contributed by atoms with Gasteiger partial charge in [0.1, 0.15) is 6.33 Å². The summed E-state index contributed by atoms with van der Waals surface area (Å²) in [6, 6.07) is 5.20. The molecular formula is C9H7N3O4S2. The molecule has 0 saturated heterocycles. The molecule has 0 spiro atoms. The van der Waals surface area contributed by atoms with Crippen molar-refractivity contribution in [2.45, 2.75) is 4.34 Å². The van der Waals surface area contributed by atoms with Gasteiger partial charge >= 0.3 is 0 Å². The Bertz CT molecular complexity index is 784. The first kappa shape index (κ1) is 12.6. The van der Waals surface area contributed by atoms with E-state index in [0.29, 0.717) is 0 Å². The molecule has 18 heavy (non-hydrogen) atoms. The fourth-order valence-corrected chi connectivity index (χ4v) is 2.43. The second-order valence-corrected chi connectivity index (χ2v) is 6.44. The van der Waals surface area contributed by atoms with Crippen LogP contribution in [0.2, 0.25) is 0 Å². The summed E-state index contributed by atoms with van der Waals surface area (Å²) in [4.78, 5) is 13.2. The summed E-state index contributed by atoms with van der Waals surface area (Å²) in [7, 11) is -3.11. The Morgan fingerprint density at radius 3 is 2.28 bits per heavy atom. The SMILES string of the molecule is CS(=O)(=O)c1ncns1.O=[N+]([O-])c1cc2ccc1=2. The van der Waals surface area contributed by atoms with Gasteiger partial charge in [-0.3, -0.25) is 10.1 Å². The molecule has 9 heteroatoms. The summed E-state index contributed by atoms with van der Waals surface area (Å²) in [6.07, 6.45) is 2.33. The molecular weight excluding hydrogens is 278 g/mol. The van der Waals surface area contributed by atoms with E-state index in [9.17, 15) is 18.5 Å². The first-order valence-corrected chi connectivity index (χ1v) is 7.31. The fraction of sp³-hybridized carbons (Fsp3) is 0.111. The molecule has 1 aromatic rings. The zero-order valence-corrected chi connectivity index (χ0v) is 10.7. The van der Waals surface area contributed by atoms with Gasteiger partial charge in [-0.25, -0.2) is 13.4 Å². The smallest absolute Gasteiger partial charge is 0.258 e. The zero-order valence-electron chi connectivity index (χ0n) is 9.10. The Balaban J connectivity index is 0.000000134. The molecule has 2 aliphatic carbocycles. The number of sulfone groups is 1. The maximum absolute atomic E-state index is 10.6. The van der Waals surface area contributed by atoms with Crippen molar-refractivity contribution in [2.75, 3.05) is 6.26 Å². The van der Waals surface area contributed by atoms with Gasteiger partial charge < -0.3 is 0 Å². The van der Waals surface area contributed by atoms with Crippen molar-refractivity contribution in [3.63, 3.8) is 0 Å². The van der Waals surface area contributed by atoms with Crippen molar-refractivity contribution in [1.29, 1.82) is 0 Å². The number of nitrogens with zero attached hydrogens (tertiary/aromatic N) is 3. The van der Waals surface area contributed by atoms with Crippen LogP contribution in [-0.4, -0.2) is 29.0 Å². The molecule has 1 aromatic heterocycles. The summed E-state index contributed by atoms with van der Waals surface area (Å²) < 4.78 is 24.8. The maximum Gasteiger partial charge on any atom is 0.277 e. The maximum atomic E-state index is 10.6. The Kier molecular flexibility index (Phi) is 3.09. The van der Waals surface area contributed by atoms with E-state index in [2.05, 4.69) is 9.36 Å². The van der Waals surface area contributed by atoms with Crippen LogP contribution >= 0.6 is 11.5 Å². The van der Waals surface area contributed by atoms with Crippen molar-refractivity contribution < 1.29 is 13.3 Å². The number of nitro groups is 1. The molecule has 0 aliphatic heterocycles. The Morgan fingerprint density at radius 2 is 2.11 bits per heavy atom. The average molecular weight is 285 g/mol. The van der Waals surface area contributed by atoms with Crippen molar-refractivity contribution >= 4 is 27.1 Å². The van der Waals surface area contributed by atoms with Gasteiger partial charge in [0, 0.05) is 12.3 Å². The Hall–Kier alpha value is -1.87. The molecule has 0 aromatic carbocycles. The van der Waals surface area contributed by atoms with Crippen LogP contribution in [0.5, 0.6) is 0 Å². The highest BCUT2D eigenvalue weighted by Gasteiger charge is 2.15. The third-order valence-electron chi connectivity index (χ3n) is 2.16. The molecule has 1 heterocycles. The highest BCUT2D eigenvalue weighted by atomic mass is 32.2. The van der Waals surface area contributed by atoms with Gasteiger partial charge in [-0.2, -0.15) is 4.37 Å². The van der Waals surface area contributed by atoms with E-state index in [1.165, 1.54) is 6.33 Å². The second-order valence-electron chi connectivity index (χ2n) is 3.47. The minimum atomic E-state index is -3.11. The largest absolute Gasteiger partial charge is 0.277 e. The van der Waals surface area contributed by atoms with Crippen LogP contribution in [0.15, 0.2) is 28.9 Å². The average Bonchev–Trinajstić information content (AvgIpc) is 2.75. The van der Waals surface area contributed by atoms with E-state index in [0.717, 1.165) is 28.2 Å². The zero-order chi connectivity index (χ0) is 13.3. The van der Waals surface area contributed by atoms with Crippen LogP contribution in [0.25, 0.3) is 0 Å². The quantitative estimate of drug-likeness (QED) is 0.516. The molecule has 0 N–H and O–H groups in total. The van der Waals surface area contributed by atoms with Gasteiger partial charge in [-0.1, -0.05) is 6.07 Å². The predicted octanol–water partition coefficient (Wildman–Crippen LogP) is 1.14. The van der Waals surface area contributed by atoms with E-state index in [-0.39, 0.29) is 15.0 Å². The van der Waals surface area contributed by atoms with E-state index in [4.69, 9.17) is 0 Å². The highest BCUT2D eigenvalue weighted by molar-refractivity contribution is 7.92. The van der Waals surface area contributed by atoms with Gasteiger partial charge in [0.05, 0.1) is 10.1 Å². The number of aromatic nitrogens is 2. The topological polar surface area (TPSA) is 103 Å². The van der Waals surface area contributed by atoms with Gasteiger partial charge in [-0.05, 0) is 22.8 Å². The van der Waals surface area contributed by atoms with Gasteiger partial charge in [0.2, 0.25) is 14.2 Å². The van der Waals surface area contributed by atoms with Crippen LogP contribution in [0.1, 0.15) is 0 Å². The lowest BCUT2D eigenvalue weighted by Gasteiger charge is -2.01. The van der Waals surface area contributed by atoms with E-state index in [1.54, 1.807) is 12.1 Å². The lowest BCUT2D eigenvalue weighted by atomic mass is 10.1. The molecule has 94 valence electrons. The van der Waals surface area contributed by atoms with E-state index < -0.39 is 9.84 Å². The van der Waals surface area contributed by atoms with E-state index >= 15 is 0 Å². The first-order chi connectivity index (χ1) is 8.39. The third-order valence-corrected chi connectivity index (χ3v) is 4.50. The summed E-state index contributed by atoms with van der Waals surface area (Å²) in [5.74, 6) is 0. The predicted molar refractivity (Wildman–Crippen MR) is 63.8 cm³/mol. The molecule has 0 amide bonds. The standard InChI is InChI=1S/C6H3NO2.C3H4N2O2S2/c8-7(9)6-3-4-1-2-5(4)6;1-9(6,7)3-4-2-5-8-3/h1-3H;2H,1H3.